The molecule has 102 valence electrons. The highest BCUT2D eigenvalue weighted by Crippen LogP contribution is 2.22. The molecule has 6 nitrogen and oxygen atoms in total. The monoisotopic (exact) mass is 263 g/mol. The van der Waals surface area contributed by atoms with E-state index in [4.69, 9.17) is 5.53 Å². The molecule has 0 aliphatic carbocycles. The van der Waals surface area contributed by atoms with Crippen LogP contribution in [0.4, 0.5) is 0 Å². The first kappa shape index (κ1) is 15.0. The zero-order valence-electron chi connectivity index (χ0n) is 11.0. The number of allylic oxidation sites excluding steroid dienone is 1. The summed E-state index contributed by atoms with van der Waals surface area (Å²) in [6, 6.07) is -0.261. The summed E-state index contributed by atoms with van der Waals surface area (Å²) in [5, 5.41) is 0. The number of likely N-dealkylation sites (tertiary alicyclic amines) is 1. The van der Waals surface area contributed by atoms with Gasteiger partial charge in [-0.2, -0.15) is 4.79 Å². The highest BCUT2D eigenvalue weighted by molar-refractivity contribution is 6.64. The third kappa shape index (κ3) is 3.45. The van der Waals surface area contributed by atoms with Crippen LogP contribution in [-0.4, -0.2) is 39.0 Å². The van der Waals surface area contributed by atoms with E-state index >= 15 is 0 Å². The molecular formula is C13H17N3O3. The number of carbonyl (C=O) groups is 3. The first-order chi connectivity index (χ1) is 9.02. The van der Waals surface area contributed by atoms with Crippen molar-refractivity contribution >= 4 is 23.3 Å². The van der Waals surface area contributed by atoms with Gasteiger partial charge in [-0.05, 0) is 25.7 Å². The number of nitrogens with zero attached hydrogens (tertiary/aromatic N) is 3. The molecule has 1 rings (SSSR count). The van der Waals surface area contributed by atoms with Gasteiger partial charge >= 0.3 is 11.6 Å². The SMILES string of the molecule is C=CCCC1CCCC(=O)N1C(=O)C(=[N+]=[N-])C(C)=O. The number of amides is 2. The molecule has 1 atom stereocenters. The minimum Gasteiger partial charge on any atom is -0.360 e. The van der Waals surface area contributed by atoms with Crippen LogP contribution in [-0.2, 0) is 14.4 Å². The van der Waals surface area contributed by atoms with Crippen molar-refractivity contribution in [2.45, 2.75) is 45.1 Å². The molecule has 0 aromatic rings. The fourth-order valence-electron chi connectivity index (χ4n) is 2.18. The molecule has 1 heterocycles. The van der Waals surface area contributed by atoms with E-state index in [2.05, 4.69) is 11.4 Å². The zero-order chi connectivity index (χ0) is 14.4. The number of rotatable bonds is 5. The van der Waals surface area contributed by atoms with E-state index in [0.717, 1.165) is 18.2 Å². The second-order valence-corrected chi connectivity index (χ2v) is 4.49. The van der Waals surface area contributed by atoms with E-state index in [9.17, 15) is 14.4 Å². The van der Waals surface area contributed by atoms with Gasteiger partial charge < -0.3 is 5.53 Å². The molecule has 1 saturated heterocycles. The lowest BCUT2D eigenvalue weighted by Gasteiger charge is -2.32. The number of carbonyl (C=O) groups excluding carboxylic acids is 3. The third-order valence-electron chi connectivity index (χ3n) is 3.12. The Bertz CT molecular complexity index is 464. The number of ketones is 1. The Labute approximate surface area is 111 Å². The molecule has 2 amide bonds. The van der Waals surface area contributed by atoms with Crippen LogP contribution >= 0.6 is 0 Å². The van der Waals surface area contributed by atoms with Gasteiger partial charge in [-0.1, -0.05) is 6.08 Å². The van der Waals surface area contributed by atoms with E-state index < -0.39 is 17.4 Å². The normalized spacial score (nSPS) is 18.7. The van der Waals surface area contributed by atoms with Gasteiger partial charge in [0.1, 0.15) is 0 Å². The fraction of sp³-hybridized carbons (Fsp3) is 0.538. The van der Waals surface area contributed by atoms with Crippen molar-refractivity contribution in [3.8, 4) is 0 Å². The predicted molar refractivity (Wildman–Crippen MR) is 68.2 cm³/mol. The number of piperidine rings is 1. The summed E-state index contributed by atoms with van der Waals surface area (Å²) in [5.41, 5.74) is 8.14. The van der Waals surface area contributed by atoms with Gasteiger partial charge in [-0.25, -0.2) is 0 Å². The first-order valence-electron chi connectivity index (χ1n) is 6.23. The number of imide groups is 1. The summed E-state index contributed by atoms with van der Waals surface area (Å²) in [4.78, 5) is 39.0. The summed E-state index contributed by atoms with van der Waals surface area (Å²) >= 11 is 0. The van der Waals surface area contributed by atoms with Crippen LogP contribution in [0.1, 0.15) is 39.0 Å². The molecule has 1 aliphatic heterocycles. The standard InChI is InChI=1S/C13H17N3O3/c1-3-4-6-10-7-5-8-11(18)16(10)13(19)12(15-14)9(2)17/h3,10H,1,4-8H2,2H3. The van der Waals surface area contributed by atoms with Crippen molar-refractivity contribution in [1.82, 2.24) is 4.90 Å². The van der Waals surface area contributed by atoms with Gasteiger partial charge in [0, 0.05) is 19.4 Å². The summed E-state index contributed by atoms with van der Waals surface area (Å²) in [6.45, 7) is 4.73. The Morgan fingerprint density at radius 1 is 1.58 bits per heavy atom. The second-order valence-electron chi connectivity index (χ2n) is 4.49. The summed E-state index contributed by atoms with van der Waals surface area (Å²) < 4.78 is 0. The number of Topliss-reactive ketones (excluding diaryl/α,β-unsaturated/α-hetero) is 1. The molecule has 0 bridgehead atoms. The van der Waals surface area contributed by atoms with Gasteiger partial charge in [-0.3, -0.25) is 19.3 Å². The van der Waals surface area contributed by atoms with Crippen molar-refractivity contribution in [2.24, 2.45) is 0 Å². The summed E-state index contributed by atoms with van der Waals surface area (Å²) in [5.74, 6) is -1.80. The second kappa shape index (κ2) is 6.75. The van der Waals surface area contributed by atoms with Crippen molar-refractivity contribution in [3.63, 3.8) is 0 Å². The first-order valence-corrected chi connectivity index (χ1v) is 6.23. The quantitative estimate of drug-likeness (QED) is 0.245. The van der Waals surface area contributed by atoms with Crippen LogP contribution < -0.4 is 0 Å². The summed E-state index contributed by atoms with van der Waals surface area (Å²) in [7, 11) is 0. The van der Waals surface area contributed by atoms with Crippen molar-refractivity contribution < 1.29 is 19.2 Å². The van der Waals surface area contributed by atoms with E-state index in [1.165, 1.54) is 0 Å². The molecular weight excluding hydrogens is 246 g/mol. The molecule has 1 fully saturated rings. The minimum atomic E-state index is -0.811. The van der Waals surface area contributed by atoms with Crippen molar-refractivity contribution in [1.29, 1.82) is 0 Å². The van der Waals surface area contributed by atoms with Crippen LogP contribution in [0.5, 0.6) is 0 Å². The predicted octanol–water partition coefficient (Wildman–Crippen LogP) is 1.12. The molecule has 0 saturated carbocycles. The zero-order valence-corrected chi connectivity index (χ0v) is 11.0. The molecule has 0 aromatic heterocycles. The van der Waals surface area contributed by atoms with Gasteiger partial charge in [0.2, 0.25) is 11.7 Å². The van der Waals surface area contributed by atoms with Crippen molar-refractivity contribution in [3.05, 3.63) is 18.2 Å². The highest BCUT2D eigenvalue weighted by atomic mass is 16.2. The third-order valence-corrected chi connectivity index (χ3v) is 3.12. The molecule has 1 aliphatic rings. The topological polar surface area (TPSA) is 90.8 Å². The van der Waals surface area contributed by atoms with Crippen LogP contribution in [0.2, 0.25) is 0 Å². The Morgan fingerprint density at radius 2 is 2.26 bits per heavy atom. The van der Waals surface area contributed by atoms with Crippen LogP contribution in [0, 0.1) is 0 Å². The molecule has 1 unspecified atom stereocenters. The van der Waals surface area contributed by atoms with E-state index in [1.54, 1.807) is 6.08 Å². The molecule has 0 spiro atoms. The van der Waals surface area contributed by atoms with Gasteiger partial charge in [-0.15, -0.1) is 6.58 Å². The Morgan fingerprint density at radius 3 is 2.79 bits per heavy atom. The maximum atomic E-state index is 12.1. The maximum Gasteiger partial charge on any atom is 0.421 e. The molecule has 0 aromatic carbocycles. The number of hydrogen-bond donors (Lipinski definition) is 0. The Kier molecular flexibility index (Phi) is 5.33. The molecule has 0 radical (unpaired) electrons. The Hall–Kier alpha value is -2.07. The van der Waals surface area contributed by atoms with E-state index in [0.29, 0.717) is 19.3 Å². The van der Waals surface area contributed by atoms with E-state index in [-0.39, 0.29) is 18.4 Å². The lowest BCUT2D eigenvalue weighted by molar-refractivity contribution is -0.149. The average molecular weight is 263 g/mol. The average Bonchev–Trinajstić information content (AvgIpc) is 2.36. The van der Waals surface area contributed by atoms with Crippen molar-refractivity contribution in [2.75, 3.05) is 0 Å². The van der Waals surface area contributed by atoms with E-state index in [1.807, 2.05) is 0 Å². The van der Waals surface area contributed by atoms with Gasteiger partial charge in [0.25, 0.3) is 0 Å². The van der Waals surface area contributed by atoms with Crippen LogP contribution in [0.3, 0.4) is 0 Å². The van der Waals surface area contributed by atoms with Gasteiger partial charge in [0.15, 0.2) is 0 Å². The minimum absolute atomic E-state index is 0.261. The lowest BCUT2D eigenvalue weighted by Crippen LogP contribution is -2.51. The number of hydrogen-bond acceptors (Lipinski definition) is 3. The molecule has 19 heavy (non-hydrogen) atoms. The van der Waals surface area contributed by atoms with Crippen LogP contribution in [0.15, 0.2) is 12.7 Å². The van der Waals surface area contributed by atoms with Crippen LogP contribution in [0.25, 0.3) is 5.53 Å². The highest BCUT2D eigenvalue weighted by Gasteiger charge is 2.40. The largest absolute Gasteiger partial charge is 0.421 e. The Balaban J connectivity index is 2.99. The molecule has 6 heteroatoms. The summed E-state index contributed by atoms with van der Waals surface area (Å²) in [6.07, 6.45) is 4.68. The van der Waals surface area contributed by atoms with Gasteiger partial charge in [0.05, 0.1) is 0 Å². The smallest absolute Gasteiger partial charge is 0.360 e. The lowest BCUT2D eigenvalue weighted by atomic mass is 9.96. The molecule has 0 N–H and O–H groups in total. The maximum absolute atomic E-state index is 12.1. The fourth-order valence-corrected chi connectivity index (χ4v) is 2.18.